The van der Waals surface area contributed by atoms with E-state index < -0.39 is 0 Å². The maximum Gasteiger partial charge on any atom is 0.254 e. The van der Waals surface area contributed by atoms with Gasteiger partial charge in [-0.3, -0.25) is 4.79 Å². The predicted octanol–water partition coefficient (Wildman–Crippen LogP) is 1.45. The molecule has 1 fully saturated rings. The van der Waals surface area contributed by atoms with Crippen LogP contribution in [0.15, 0.2) is 18.2 Å². The van der Waals surface area contributed by atoms with Gasteiger partial charge in [-0.2, -0.15) is 0 Å². The van der Waals surface area contributed by atoms with E-state index in [1.807, 2.05) is 6.92 Å². The van der Waals surface area contributed by atoms with Crippen LogP contribution in [0.25, 0.3) is 0 Å². The van der Waals surface area contributed by atoms with Gasteiger partial charge >= 0.3 is 0 Å². The maximum absolute atomic E-state index is 12.4. The monoisotopic (exact) mass is 268 g/mol. The number of hydrogen-bond acceptors (Lipinski definition) is 3. The van der Waals surface area contributed by atoms with Gasteiger partial charge in [-0.05, 0) is 30.7 Å². The molecule has 2 rings (SSSR count). The van der Waals surface area contributed by atoms with Crippen LogP contribution < -0.4 is 5.73 Å². The summed E-state index contributed by atoms with van der Waals surface area (Å²) in [5, 5.41) is 0.644. The number of morpholine rings is 1. The van der Waals surface area contributed by atoms with Crippen LogP contribution in [0.4, 0.5) is 0 Å². The Hall–Kier alpha value is -1.10. The topological polar surface area (TPSA) is 55.6 Å². The summed E-state index contributed by atoms with van der Waals surface area (Å²) >= 11 is 5.89. The highest BCUT2D eigenvalue weighted by Crippen LogP contribution is 2.18. The molecule has 1 aromatic rings. The molecule has 18 heavy (non-hydrogen) atoms. The Kier molecular flexibility index (Phi) is 4.22. The van der Waals surface area contributed by atoms with Crippen LogP contribution >= 0.6 is 11.6 Å². The molecule has 1 heterocycles. The van der Waals surface area contributed by atoms with E-state index in [1.54, 1.807) is 23.1 Å². The lowest BCUT2D eigenvalue weighted by molar-refractivity contribution is -0.0167. The number of ether oxygens (including phenoxy) is 1. The highest BCUT2D eigenvalue weighted by molar-refractivity contribution is 6.30. The third kappa shape index (κ3) is 2.83. The smallest absolute Gasteiger partial charge is 0.254 e. The van der Waals surface area contributed by atoms with Gasteiger partial charge in [-0.15, -0.1) is 0 Å². The number of nitrogens with zero attached hydrogens (tertiary/aromatic N) is 1. The lowest BCUT2D eigenvalue weighted by Crippen LogP contribution is -2.48. The van der Waals surface area contributed by atoms with Crippen LogP contribution in [0.3, 0.4) is 0 Å². The van der Waals surface area contributed by atoms with E-state index in [4.69, 9.17) is 22.1 Å². The number of carbonyl (C=O) groups is 1. The predicted molar refractivity (Wildman–Crippen MR) is 70.9 cm³/mol. The summed E-state index contributed by atoms with van der Waals surface area (Å²) in [4.78, 5) is 14.2. The Morgan fingerprint density at radius 3 is 3.06 bits per heavy atom. The number of carbonyl (C=O) groups excluding carboxylic acids is 1. The first-order valence-corrected chi connectivity index (χ1v) is 6.36. The number of rotatable bonds is 2. The summed E-state index contributed by atoms with van der Waals surface area (Å²) in [5.41, 5.74) is 7.16. The van der Waals surface area contributed by atoms with E-state index in [0.717, 1.165) is 5.56 Å². The summed E-state index contributed by atoms with van der Waals surface area (Å²) in [5.74, 6) is 0.0194. The molecule has 0 bridgehead atoms. The second-order valence-corrected chi connectivity index (χ2v) is 4.88. The Morgan fingerprint density at radius 2 is 2.39 bits per heavy atom. The van der Waals surface area contributed by atoms with Gasteiger partial charge in [-0.1, -0.05) is 11.6 Å². The molecule has 0 saturated carbocycles. The van der Waals surface area contributed by atoms with Gasteiger partial charge in [-0.25, -0.2) is 0 Å². The van der Waals surface area contributed by atoms with Gasteiger partial charge in [0.15, 0.2) is 0 Å². The molecule has 1 aromatic carbocycles. The summed E-state index contributed by atoms with van der Waals surface area (Å²) in [6, 6.07) is 5.31. The molecular formula is C13H17ClN2O2. The van der Waals surface area contributed by atoms with E-state index in [1.165, 1.54) is 0 Å². The standard InChI is InChI=1S/C13H17ClN2O2/c1-9-6-10(14)2-3-12(9)13(17)16-4-5-18-11(7-15)8-16/h2-3,6,11H,4-5,7-8,15H2,1H3. The number of halogens is 1. The van der Waals surface area contributed by atoms with Crippen LogP contribution in [0.5, 0.6) is 0 Å². The van der Waals surface area contributed by atoms with Gasteiger partial charge in [0.05, 0.1) is 12.7 Å². The molecule has 1 saturated heterocycles. The van der Waals surface area contributed by atoms with Crippen LogP contribution in [0.2, 0.25) is 5.02 Å². The van der Waals surface area contributed by atoms with Crippen LogP contribution in [-0.2, 0) is 4.74 Å². The molecule has 1 amide bonds. The Balaban J connectivity index is 2.15. The minimum absolute atomic E-state index is 0.0194. The molecule has 98 valence electrons. The van der Waals surface area contributed by atoms with E-state index >= 15 is 0 Å². The van der Waals surface area contributed by atoms with Crippen molar-refractivity contribution in [1.82, 2.24) is 4.90 Å². The van der Waals surface area contributed by atoms with Crippen molar-refractivity contribution in [1.29, 1.82) is 0 Å². The highest BCUT2D eigenvalue weighted by Gasteiger charge is 2.24. The number of aryl methyl sites for hydroxylation is 1. The van der Waals surface area contributed by atoms with Crippen molar-refractivity contribution in [3.05, 3.63) is 34.3 Å². The van der Waals surface area contributed by atoms with Crippen molar-refractivity contribution in [2.45, 2.75) is 13.0 Å². The van der Waals surface area contributed by atoms with Crippen LogP contribution in [0, 0.1) is 6.92 Å². The number of benzene rings is 1. The third-order valence-corrected chi connectivity index (χ3v) is 3.34. The largest absolute Gasteiger partial charge is 0.373 e. The second-order valence-electron chi connectivity index (χ2n) is 4.44. The molecule has 1 aliphatic rings. The fraction of sp³-hybridized carbons (Fsp3) is 0.462. The van der Waals surface area contributed by atoms with Crippen molar-refractivity contribution in [3.8, 4) is 0 Å². The number of amides is 1. The second kappa shape index (κ2) is 5.69. The molecule has 1 unspecified atom stereocenters. The van der Waals surface area contributed by atoms with Gasteiger partial charge in [0.25, 0.3) is 5.91 Å². The molecule has 4 nitrogen and oxygen atoms in total. The molecular weight excluding hydrogens is 252 g/mol. The van der Waals surface area contributed by atoms with Gasteiger partial charge < -0.3 is 15.4 Å². The molecule has 0 spiro atoms. The van der Waals surface area contributed by atoms with E-state index in [0.29, 0.717) is 36.8 Å². The highest BCUT2D eigenvalue weighted by atomic mass is 35.5. The summed E-state index contributed by atoms with van der Waals surface area (Å²) in [7, 11) is 0. The molecule has 2 N–H and O–H groups in total. The van der Waals surface area contributed by atoms with Gasteiger partial charge in [0.1, 0.15) is 0 Å². The lowest BCUT2D eigenvalue weighted by atomic mass is 10.1. The normalized spacial score (nSPS) is 19.9. The molecule has 1 atom stereocenters. The first-order valence-electron chi connectivity index (χ1n) is 5.99. The summed E-state index contributed by atoms with van der Waals surface area (Å²) in [6.45, 7) is 4.03. The average molecular weight is 269 g/mol. The molecule has 0 aromatic heterocycles. The molecule has 1 aliphatic heterocycles. The number of hydrogen-bond donors (Lipinski definition) is 1. The first-order chi connectivity index (χ1) is 8.61. The quantitative estimate of drug-likeness (QED) is 0.883. The summed E-state index contributed by atoms with van der Waals surface area (Å²) in [6.07, 6.45) is -0.0599. The molecule has 5 heteroatoms. The first kappa shape index (κ1) is 13.3. The van der Waals surface area contributed by atoms with Crippen molar-refractivity contribution >= 4 is 17.5 Å². The Morgan fingerprint density at radius 1 is 1.61 bits per heavy atom. The van der Waals surface area contributed by atoms with Crippen LogP contribution in [-0.4, -0.2) is 43.2 Å². The zero-order valence-corrected chi connectivity index (χ0v) is 11.1. The van der Waals surface area contributed by atoms with Crippen LogP contribution in [0.1, 0.15) is 15.9 Å². The SMILES string of the molecule is Cc1cc(Cl)ccc1C(=O)N1CCOC(CN)C1. The summed E-state index contributed by atoms with van der Waals surface area (Å²) < 4.78 is 5.45. The number of nitrogens with two attached hydrogens (primary N) is 1. The van der Waals surface area contributed by atoms with E-state index in [-0.39, 0.29) is 12.0 Å². The maximum atomic E-state index is 12.4. The third-order valence-electron chi connectivity index (χ3n) is 3.11. The minimum Gasteiger partial charge on any atom is -0.373 e. The molecule has 0 aliphatic carbocycles. The Bertz CT molecular complexity index is 451. The zero-order chi connectivity index (χ0) is 13.1. The van der Waals surface area contributed by atoms with Crippen molar-refractivity contribution < 1.29 is 9.53 Å². The fourth-order valence-electron chi connectivity index (χ4n) is 2.08. The van der Waals surface area contributed by atoms with Crippen molar-refractivity contribution in [2.24, 2.45) is 5.73 Å². The zero-order valence-electron chi connectivity index (χ0n) is 10.4. The van der Waals surface area contributed by atoms with Gasteiger partial charge in [0.2, 0.25) is 0 Å². The average Bonchev–Trinajstić information content (AvgIpc) is 2.38. The van der Waals surface area contributed by atoms with E-state index in [2.05, 4.69) is 0 Å². The lowest BCUT2D eigenvalue weighted by Gasteiger charge is -2.32. The Labute approximate surface area is 112 Å². The van der Waals surface area contributed by atoms with Crippen molar-refractivity contribution in [3.63, 3.8) is 0 Å². The molecule has 0 radical (unpaired) electrons. The minimum atomic E-state index is -0.0599. The van der Waals surface area contributed by atoms with E-state index in [9.17, 15) is 4.79 Å². The van der Waals surface area contributed by atoms with Gasteiger partial charge in [0, 0.05) is 30.2 Å². The fourth-order valence-corrected chi connectivity index (χ4v) is 2.31. The van der Waals surface area contributed by atoms with Crippen molar-refractivity contribution in [2.75, 3.05) is 26.2 Å².